The van der Waals surface area contributed by atoms with Crippen LogP contribution in [0, 0.1) is 0 Å². The summed E-state index contributed by atoms with van der Waals surface area (Å²) in [6.07, 6.45) is 69.9. The molecule has 0 amide bonds. The fraction of sp³-hybridized carbons (Fsp3) is 0.943. The molecular weight excluding hydrogens is 1010 g/mol. The summed E-state index contributed by atoms with van der Waals surface area (Å²) in [5.74, 6) is -2.24. The number of ether oxygens (including phenoxy) is 2. The van der Waals surface area contributed by atoms with Crippen molar-refractivity contribution in [2.24, 2.45) is 0 Å². The van der Waals surface area contributed by atoms with Crippen LogP contribution >= 0.6 is 0 Å². The van der Waals surface area contributed by atoms with Gasteiger partial charge in [0.1, 0.15) is 12.2 Å². The van der Waals surface area contributed by atoms with Gasteiger partial charge < -0.3 is 29.3 Å². The van der Waals surface area contributed by atoms with Crippen LogP contribution in [0.15, 0.2) is 0 Å². The smallest absolute Gasteiger partial charge is 0.550 e. The molecule has 0 aliphatic rings. The number of unbranched alkanes of at least 4 members (excludes halogenated alkanes) is 46. The van der Waals surface area contributed by atoms with Crippen molar-refractivity contribution in [2.45, 2.75) is 425 Å². The molecule has 0 rings (SSSR count). The van der Waals surface area contributed by atoms with Gasteiger partial charge in [0, 0.05) is 24.8 Å². The van der Waals surface area contributed by atoms with E-state index in [0.29, 0.717) is 38.5 Å². The molecule has 0 aromatic carbocycles. The minimum atomic E-state index is -1.02. The fourth-order valence-electron chi connectivity index (χ4n) is 11.0. The molecule has 2 atom stereocenters. The van der Waals surface area contributed by atoms with Gasteiger partial charge in [-0.3, -0.25) is 9.59 Å². The van der Waals surface area contributed by atoms with Gasteiger partial charge in [-0.15, -0.1) is 0 Å². The molecular formula is C70H134CaO8. The molecule has 0 aromatic heterocycles. The summed E-state index contributed by atoms with van der Waals surface area (Å²) in [7, 11) is 0. The van der Waals surface area contributed by atoms with E-state index in [-0.39, 0.29) is 74.7 Å². The maximum absolute atomic E-state index is 12.4. The van der Waals surface area contributed by atoms with Crippen molar-refractivity contribution < 1.29 is 38.9 Å². The Balaban J connectivity index is -0.00000144. The topological polar surface area (TPSA) is 133 Å². The van der Waals surface area contributed by atoms with Crippen LogP contribution in [0.5, 0.6) is 0 Å². The van der Waals surface area contributed by atoms with Gasteiger partial charge in [-0.2, -0.15) is 0 Å². The first kappa shape index (κ1) is 82.4. The fourth-order valence-corrected chi connectivity index (χ4v) is 11.0. The van der Waals surface area contributed by atoms with Gasteiger partial charge in [-0.1, -0.05) is 323 Å². The van der Waals surface area contributed by atoms with Gasteiger partial charge in [0.25, 0.3) is 0 Å². The van der Waals surface area contributed by atoms with E-state index in [9.17, 15) is 29.4 Å². The minimum absolute atomic E-state index is 0. The van der Waals surface area contributed by atoms with Crippen LogP contribution in [0.25, 0.3) is 0 Å². The molecule has 0 radical (unpaired) electrons. The van der Waals surface area contributed by atoms with Crippen LogP contribution in [0.4, 0.5) is 0 Å². The number of carbonyl (C=O) groups excluding carboxylic acids is 4. The van der Waals surface area contributed by atoms with E-state index in [0.717, 1.165) is 51.4 Å². The molecule has 0 heterocycles. The molecule has 0 bridgehead atoms. The number of carboxylic acid groups (broad SMARTS) is 2. The molecule has 464 valence electrons. The molecule has 8 nitrogen and oxygen atoms in total. The van der Waals surface area contributed by atoms with Crippen molar-refractivity contribution >= 4 is 61.6 Å². The van der Waals surface area contributed by atoms with Crippen LogP contribution < -0.4 is 10.2 Å². The Labute approximate surface area is 522 Å². The van der Waals surface area contributed by atoms with Crippen LogP contribution in [-0.4, -0.2) is 73.8 Å². The zero-order valence-corrected chi connectivity index (χ0v) is 55.8. The first-order chi connectivity index (χ1) is 38.2. The van der Waals surface area contributed by atoms with Crippen molar-refractivity contribution in [3.8, 4) is 0 Å². The molecule has 0 aliphatic heterocycles. The summed E-state index contributed by atoms with van der Waals surface area (Å²) >= 11 is 0. The monoisotopic (exact) mass is 1140 g/mol. The van der Waals surface area contributed by atoms with Gasteiger partial charge in [0.2, 0.25) is 0 Å². The van der Waals surface area contributed by atoms with E-state index in [4.69, 9.17) is 9.47 Å². The van der Waals surface area contributed by atoms with Gasteiger partial charge in [0.15, 0.2) is 0 Å². The number of carboxylic acids is 2. The Kier molecular flexibility index (Phi) is 74.4. The average Bonchev–Trinajstić information content (AvgIpc) is 3.41. The zero-order chi connectivity index (χ0) is 57.3. The zero-order valence-electron chi connectivity index (χ0n) is 53.6. The first-order valence-electron chi connectivity index (χ1n) is 35.0. The summed E-state index contributed by atoms with van der Waals surface area (Å²) in [4.78, 5) is 46.4. The van der Waals surface area contributed by atoms with Crippen LogP contribution in [0.3, 0.4) is 0 Å². The predicted molar refractivity (Wildman–Crippen MR) is 335 cm³/mol. The van der Waals surface area contributed by atoms with Gasteiger partial charge in [-0.25, -0.2) is 0 Å². The number of aliphatic carboxylic acids is 2. The van der Waals surface area contributed by atoms with E-state index >= 15 is 0 Å². The second-order valence-corrected chi connectivity index (χ2v) is 24.1. The second kappa shape index (κ2) is 71.4. The van der Waals surface area contributed by atoms with Crippen LogP contribution in [-0.2, 0) is 28.7 Å². The summed E-state index contributed by atoms with van der Waals surface area (Å²) < 4.78 is 11.6. The maximum Gasteiger partial charge on any atom is 2.00 e. The van der Waals surface area contributed by atoms with Crippen molar-refractivity contribution in [3.05, 3.63) is 0 Å². The number of esters is 2. The van der Waals surface area contributed by atoms with E-state index in [2.05, 4.69) is 27.7 Å². The molecule has 0 fully saturated rings. The van der Waals surface area contributed by atoms with Crippen molar-refractivity contribution in [3.63, 3.8) is 0 Å². The standard InChI is InChI=1S/2C35H68O4.Ca/c2*1-3-5-7-9-11-13-15-16-17-19-21-23-25-27-32-35(38)39-33(30-28-31-34(36)37)29-26-24-22-20-18-14-12-10-8-6-4-2;/h2*33H,3-32H2,1-2H3,(H,36,37);/q;;+2/p-2. The van der Waals surface area contributed by atoms with Crippen molar-refractivity contribution in [1.29, 1.82) is 0 Å². The van der Waals surface area contributed by atoms with E-state index in [1.165, 1.54) is 283 Å². The number of rotatable bonds is 64. The number of carbonyl (C=O) groups is 4. The molecule has 0 spiro atoms. The second-order valence-electron chi connectivity index (χ2n) is 24.1. The molecule has 0 aliphatic carbocycles. The van der Waals surface area contributed by atoms with E-state index in [1.807, 2.05) is 0 Å². The Hall–Kier alpha value is -0.860. The Bertz CT molecular complexity index is 1140. The molecule has 0 aromatic rings. The Morgan fingerprint density at radius 2 is 0.405 bits per heavy atom. The molecule has 0 saturated heterocycles. The number of hydrogen-bond acceptors (Lipinski definition) is 8. The summed E-state index contributed by atoms with van der Waals surface area (Å²) in [6.45, 7) is 9.06. The molecule has 79 heavy (non-hydrogen) atoms. The molecule has 2 unspecified atom stereocenters. The largest absolute Gasteiger partial charge is 2.00 e. The normalized spacial score (nSPS) is 11.9. The predicted octanol–water partition coefficient (Wildman–Crippen LogP) is 20.4. The molecule has 0 N–H and O–H groups in total. The minimum Gasteiger partial charge on any atom is -0.550 e. The number of hydrogen-bond donors (Lipinski definition) is 0. The Morgan fingerprint density at radius 3 is 0.595 bits per heavy atom. The van der Waals surface area contributed by atoms with Gasteiger partial charge >= 0.3 is 49.7 Å². The van der Waals surface area contributed by atoms with Gasteiger partial charge in [0.05, 0.1) is 0 Å². The average molecular weight is 1140 g/mol. The summed E-state index contributed by atoms with van der Waals surface area (Å²) in [5, 5.41) is 21.6. The maximum atomic E-state index is 12.4. The van der Waals surface area contributed by atoms with Crippen LogP contribution in [0.1, 0.15) is 413 Å². The first-order valence-corrected chi connectivity index (χ1v) is 35.0. The van der Waals surface area contributed by atoms with Crippen molar-refractivity contribution in [2.75, 3.05) is 0 Å². The quantitative estimate of drug-likeness (QED) is 0.0334. The SMILES string of the molecule is CCCCCCCCCCCCCCCCC(=O)OC(CCCCCCCCCCCCC)CCCC(=O)[O-].CCCCCCCCCCCCCCCCC(=O)OC(CCCCCCCCCCCCC)CCCC(=O)[O-].[Ca+2]. The third kappa shape index (κ3) is 73.2. The third-order valence-corrected chi connectivity index (χ3v) is 16.1. The van der Waals surface area contributed by atoms with E-state index in [1.54, 1.807) is 0 Å². The van der Waals surface area contributed by atoms with Gasteiger partial charge in [-0.05, 0) is 77.0 Å². The van der Waals surface area contributed by atoms with E-state index < -0.39 is 11.9 Å². The van der Waals surface area contributed by atoms with Crippen molar-refractivity contribution in [1.82, 2.24) is 0 Å². The van der Waals surface area contributed by atoms with Crippen LogP contribution in [0.2, 0.25) is 0 Å². The Morgan fingerprint density at radius 1 is 0.241 bits per heavy atom. The molecule has 9 heteroatoms. The summed E-state index contributed by atoms with van der Waals surface area (Å²) in [5.41, 5.74) is 0. The third-order valence-electron chi connectivity index (χ3n) is 16.1. The molecule has 0 saturated carbocycles. The summed E-state index contributed by atoms with van der Waals surface area (Å²) in [6, 6.07) is 0.